The molecule has 0 saturated carbocycles. The summed E-state index contributed by atoms with van der Waals surface area (Å²) >= 11 is 0. The van der Waals surface area contributed by atoms with Crippen molar-refractivity contribution in [3.05, 3.63) is 45.0 Å². The number of carboxylic acids is 1. The number of hydrogen-bond acceptors (Lipinski definition) is 2. The van der Waals surface area contributed by atoms with Gasteiger partial charge in [-0.15, -0.1) is 0 Å². The fourth-order valence-electron chi connectivity index (χ4n) is 3.61. The topological polar surface area (TPSA) is 59.3 Å². The first kappa shape index (κ1) is 15.7. The molecule has 1 N–H and O–H groups in total. The van der Waals surface area contributed by atoms with Gasteiger partial charge in [-0.1, -0.05) is 20.8 Å². The van der Waals surface area contributed by atoms with E-state index in [1.54, 1.807) is 0 Å². The van der Waals surface area contributed by atoms with E-state index in [1.807, 2.05) is 32.3 Å². The Labute approximate surface area is 133 Å². The van der Waals surface area contributed by atoms with Crippen LogP contribution in [-0.4, -0.2) is 15.6 Å². The molecule has 0 bridgehead atoms. The molecule has 1 aliphatic heterocycles. The Morgan fingerprint density at radius 2 is 2.04 bits per heavy atom. The monoisotopic (exact) mass is 317 g/mol. The molecular weight excluding hydrogens is 297 g/mol. The normalized spacial score (nSPS) is 17.5. The van der Waals surface area contributed by atoms with Gasteiger partial charge in [-0.25, -0.2) is 9.18 Å². The van der Waals surface area contributed by atoms with E-state index >= 15 is 0 Å². The number of hydrogen-bond donors (Lipinski definition) is 1. The summed E-state index contributed by atoms with van der Waals surface area (Å²) in [6.07, 6.45) is 2.88. The van der Waals surface area contributed by atoms with Gasteiger partial charge in [-0.2, -0.15) is 0 Å². The fraction of sp³-hybridized carbons (Fsp3) is 0.444. The summed E-state index contributed by atoms with van der Waals surface area (Å²) in [6, 6.07) is 1.28. The van der Waals surface area contributed by atoms with Gasteiger partial charge in [0, 0.05) is 17.6 Å². The molecule has 1 atom stereocenters. The number of pyridine rings is 1. The van der Waals surface area contributed by atoms with E-state index in [0.29, 0.717) is 17.5 Å². The van der Waals surface area contributed by atoms with Crippen molar-refractivity contribution in [2.45, 2.75) is 52.0 Å². The van der Waals surface area contributed by atoms with E-state index in [-0.39, 0.29) is 22.4 Å². The van der Waals surface area contributed by atoms with Gasteiger partial charge in [0.2, 0.25) is 5.43 Å². The standard InChI is InChI=1S/C18H20FNO3/c1-9-5-6-10-14(18(2,3)4)13(19)7-11-15(10)20(9)8-12(16(11)21)17(22)23/h7-9H,5-6H2,1-4H3,(H,22,23). The van der Waals surface area contributed by atoms with Crippen LogP contribution < -0.4 is 5.43 Å². The summed E-state index contributed by atoms with van der Waals surface area (Å²) in [6.45, 7) is 7.82. The predicted octanol–water partition coefficient (Wildman–Crippen LogP) is 3.64. The molecule has 2 heterocycles. The summed E-state index contributed by atoms with van der Waals surface area (Å²) in [5.74, 6) is -1.71. The highest BCUT2D eigenvalue weighted by molar-refractivity contribution is 5.94. The van der Waals surface area contributed by atoms with Crippen LogP contribution in [0, 0.1) is 5.82 Å². The lowest BCUT2D eigenvalue weighted by molar-refractivity contribution is 0.0694. The number of carbonyl (C=O) groups is 1. The van der Waals surface area contributed by atoms with E-state index in [2.05, 4.69) is 0 Å². The van der Waals surface area contributed by atoms with Crippen LogP contribution in [0.5, 0.6) is 0 Å². The first-order valence-electron chi connectivity index (χ1n) is 7.77. The van der Waals surface area contributed by atoms with Gasteiger partial charge in [0.05, 0.1) is 5.52 Å². The minimum absolute atomic E-state index is 0.0713. The third-order valence-electron chi connectivity index (χ3n) is 4.64. The zero-order chi connectivity index (χ0) is 17.1. The van der Waals surface area contributed by atoms with Gasteiger partial charge >= 0.3 is 5.97 Å². The predicted molar refractivity (Wildman–Crippen MR) is 86.9 cm³/mol. The van der Waals surface area contributed by atoms with Crippen molar-refractivity contribution in [3.63, 3.8) is 0 Å². The molecule has 122 valence electrons. The van der Waals surface area contributed by atoms with E-state index in [4.69, 9.17) is 0 Å². The van der Waals surface area contributed by atoms with Crippen LogP contribution >= 0.6 is 0 Å². The zero-order valence-corrected chi connectivity index (χ0v) is 13.7. The van der Waals surface area contributed by atoms with Gasteiger partial charge in [0.15, 0.2) is 0 Å². The molecule has 1 unspecified atom stereocenters. The Morgan fingerprint density at radius 3 is 2.61 bits per heavy atom. The summed E-state index contributed by atoms with van der Waals surface area (Å²) in [5, 5.41) is 9.43. The van der Waals surface area contributed by atoms with Crippen LogP contribution in [0.2, 0.25) is 0 Å². The lowest BCUT2D eigenvalue weighted by Gasteiger charge is -2.32. The van der Waals surface area contributed by atoms with Crippen molar-refractivity contribution in [2.75, 3.05) is 0 Å². The molecule has 0 amide bonds. The van der Waals surface area contributed by atoms with Crippen LogP contribution in [0.1, 0.15) is 61.6 Å². The maximum Gasteiger partial charge on any atom is 0.341 e. The van der Waals surface area contributed by atoms with Crippen LogP contribution in [0.15, 0.2) is 17.1 Å². The van der Waals surface area contributed by atoms with Crippen molar-refractivity contribution >= 4 is 16.9 Å². The lowest BCUT2D eigenvalue weighted by atomic mass is 9.79. The molecule has 1 aromatic heterocycles. The fourth-order valence-corrected chi connectivity index (χ4v) is 3.61. The van der Waals surface area contributed by atoms with Gasteiger partial charge in [0.1, 0.15) is 11.4 Å². The number of rotatable bonds is 1. The van der Waals surface area contributed by atoms with Gasteiger partial charge in [-0.05, 0) is 42.4 Å². The summed E-state index contributed by atoms with van der Waals surface area (Å²) in [7, 11) is 0. The van der Waals surface area contributed by atoms with Gasteiger partial charge < -0.3 is 9.67 Å². The summed E-state index contributed by atoms with van der Waals surface area (Å²) in [5.41, 5.74) is 0.831. The molecule has 3 rings (SSSR count). The first-order chi connectivity index (χ1) is 10.6. The molecule has 0 spiro atoms. The minimum atomic E-state index is -1.28. The number of nitrogens with zero attached hydrogens (tertiary/aromatic N) is 1. The Kier molecular flexibility index (Phi) is 3.36. The zero-order valence-electron chi connectivity index (χ0n) is 13.7. The number of aromatic carboxylic acids is 1. The van der Waals surface area contributed by atoms with Crippen LogP contribution in [0.4, 0.5) is 4.39 Å². The quantitative estimate of drug-likeness (QED) is 0.873. The molecule has 0 radical (unpaired) electrons. The summed E-state index contributed by atoms with van der Waals surface area (Å²) in [4.78, 5) is 23.8. The molecule has 2 aromatic rings. The highest BCUT2D eigenvalue weighted by Gasteiger charge is 2.30. The van der Waals surface area contributed by atoms with Crippen molar-refractivity contribution in [1.82, 2.24) is 4.57 Å². The van der Waals surface area contributed by atoms with Crippen LogP contribution in [0.25, 0.3) is 10.9 Å². The molecular formula is C18H20FNO3. The second-order valence-electron chi connectivity index (χ2n) is 7.33. The molecule has 0 saturated heterocycles. The molecule has 5 heteroatoms. The van der Waals surface area contributed by atoms with Gasteiger partial charge in [0.25, 0.3) is 0 Å². The molecule has 4 nitrogen and oxygen atoms in total. The molecule has 23 heavy (non-hydrogen) atoms. The smallest absolute Gasteiger partial charge is 0.341 e. The molecule has 1 aliphatic rings. The Bertz CT molecular complexity index is 890. The van der Waals surface area contributed by atoms with Crippen molar-refractivity contribution < 1.29 is 14.3 Å². The average Bonchev–Trinajstić information content (AvgIpc) is 2.42. The third kappa shape index (κ3) is 2.26. The maximum atomic E-state index is 14.7. The van der Waals surface area contributed by atoms with Crippen molar-refractivity contribution in [2.24, 2.45) is 0 Å². The molecule has 0 fully saturated rings. The minimum Gasteiger partial charge on any atom is -0.477 e. The number of halogens is 1. The Morgan fingerprint density at radius 1 is 1.39 bits per heavy atom. The third-order valence-corrected chi connectivity index (χ3v) is 4.64. The van der Waals surface area contributed by atoms with Crippen molar-refractivity contribution in [1.29, 1.82) is 0 Å². The summed E-state index contributed by atoms with van der Waals surface area (Å²) < 4.78 is 16.6. The second-order valence-corrected chi connectivity index (χ2v) is 7.33. The Hall–Kier alpha value is -2.17. The van der Waals surface area contributed by atoms with Crippen LogP contribution in [-0.2, 0) is 11.8 Å². The number of aryl methyl sites for hydroxylation is 1. The SMILES string of the molecule is CC1CCc2c(C(C)(C)C)c(F)cc3c(=O)c(C(=O)O)cn1c23. The average molecular weight is 317 g/mol. The van der Waals surface area contributed by atoms with Gasteiger partial charge in [-0.3, -0.25) is 4.79 Å². The molecule has 1 aromatic carbocycles. The van der Waals surface area contributed by atoms with E-state index in [0.717, 1.165) is 12.0 Å². The number of aromatic nitrogens is 1. The van der Waals surface area contributed by atoms with E-state index in [9.17, 15) is 19.1 Å². The highest BCUT2D eigenvalue weighted by Crippen LogP contribution is 2.38. The maximum absolute atomic E-state index is 14.7. The van der Waals surface area contributed by atoms with Crippen molar-refractivity contribution in [3.8, 4) is 0 Å². The van der Waals surface area contributed by atoms with E-state index in [1.165, 1.54) is 12.3 Å². The van der Waals surface area contributed by atoms with Crippen LogP contribution in [0.3, 0.4) is 0 Å². The van der Waals surface area contributed by atoms with E-state index < -0.39 is 17.2 Å². The number of carboxylic acid groups (broad SMARTS) is 1. The highest BCUT2D eigenvalue weighted by atomic mass is 19.1. The largest absolute Gasteiger partial charge is 0.477 e. The number of benzene rings is 1. The second kappa shape index (κ2) is 4.91. The lowest BCUT2D eigenvalue weighted by Crippen LogP contribution is -2.27. The first-order valence-corrected chi connectivity index (χ1v) is 7.77. The Balaban J connectivity index is 2.56. The molecule has 0 aliphatic carbocycles.